The zero-order chi connectivity index (χ0) is 13.9. The lowest BCUT2D eigenvalue weighted by atomic mass is 10.2. The minimum absolute atomic E-state index is 0.0337. The number of rotatable bonds is 5. The van der Waals surface area contributed by atoms with Gasteiger partial charge in [0.15, 0.2) is 0 Å². The molecule has 2 rings (SSSR count). The van der Waals surface area contributed by atoms with Crippen LogP contribution >= 0.6 is 0 Å². The molecular formula is C12H16N2O4S. The lowest BCUT2D eigenvalue weighted by Crippen LogP contribution is -2.38. The maximum absolute atomic E-state index is 12.0. The number of methoxy groups -OCH3 is 1. The van der Waals surface area contributed by atoms with E-state index in [1.165, 1.54) is 19.2 Å². The molecule has 6 nitrogen and oxygen atoms in total. The van der Waals surface area contributed by atoms with Gasteiger partial charge >= 0.3 is 0 Å². The number of benzene rings is 1. The molecule has 19 heavy (non-hydrogen) atoms. The maximum Gasteiger partial charge on any atom is 0.240 e. The Morgan fingerprint density at radius 1 is 1.37 bits per heavy atom. The summed E-state index contributed by atoms with van der Waals surface area (Å²) in [6.07, 6.45) is 1.11. The summed E-state index contributed by atoms with van der Waals surface area (Å²) < 4.78 is 31.5. The largest absolute Gasteiger partial charge is 0.497 e. The average molecular weight is 284 g/mol. The minimum atomic E-state index is -3.55. The number of hydrogen-bond acceptors (Lipinski definition) is 4. The van der Waals surface area contributed by atoms with Crippen LogP contribution in [0.1, 0.15) is 12.8 Å². The van der Waals surface area contributed by atoms with Crippen molar-refractivity contribution in [2.24, 2.45) is 0 Å². The van der Waals surface area contributed by atoms with E-state index in [0.717, 1.165) is 0 Å². The topological polar surface area (TPSA) is 84.5 Å². The van der Waals surface area contributed by atoms with Crippen LogP contribution in [0.15, 0.2) is 29.2 Å². The molecule has 1 aromatic carbocycles. The Labute approximate surface area is 112 Å². The highest BCUT2D eigenvalue weighted by Crippen LogP contribution is 2.15. The fourth-order valence-corrected chi connectivity index (χ4v) is 2.96. The lowest BCUT2D eigenvalue weighted by molar-refractivity contribution is -0.119. The average Bonchev–Trinajstić information content (AvgIpc) is 2.82. The summed E-state index contributed by atoms with van der Waals surface area (Å²) in [7, 11) is -2.03. The fourth-order valence-electron chi connectivity index (χ4n) is 1.88. The highest BCUT2D eigenvalue weighted by atomic mass is 32.2. The summed E-state index contributed by atoms with van der Waals surface area (Å²) in [4.78, 5) is 11.2. The van der Waals surface area contributed by atoms with Crippen molar-refractivity contribution < 1.29 is 17.9 Å². The molecular weight excluding hydrogens is 268 g/mol. The Morgan fingerprint density at radius 3 is 2.58 bits per heavy atom. The molecule has 0 spiro atoms. The Bertz CT molecular complexity index is 554. The second-order valence-electron chi connectivity index (χ2n) is 4.33. The highest BCUT2D eigenvalue weighted by Gasteiger charge is 2.23. The van der Waals surface area contributed by atoms with Crippen LogP contribution < -0.4 is 14.8 Å². The molecule has 0 aliphatic carbocycles. The first-order valence-electron chi connectivity index (χ1n) is 5.94. The Balaban J connectivity index is 1.99. The van der Waals surface area contributed by atoms with Crippen LogP contribution in [0.2, 0.25) is 0 Å². The van der Waals surface area contributed by atoms with Gasteiger partial charge in [-0.05, 0) is 30.7 Å². The van der Waals surface area contributed by atoms with Crippen molar-refractivity contribution in [3.63, 3.8) is 0 Å². The van der Waals surface area contributed by atoms with Gasteiger partial charge < -0.3 is 10.1 Å². The molecule has 2 N–H and O–H groups in total. The van der Waals surface area contributed by atoms with Gasteiger partial charge in [-0.25, -0.2) is 13.1 Å². The SMILES string of the molecule is COc1ccc(S(=O)(=O)NCC2CCC(=O)N2)cc1. The van der Waals surface area contributed by atoms with E-state index in [1.54, 1.807) is 12.1 Å². The number of carbonyl (C=O) groups excluding carboxylic acids is 1. The van der Waals surface area contributed by atoms with Gasteiger partial charge in [0.25, 0.3) is 0 Å². The van der Waals surface area contributed by atoms with Crippen molar-refractivity contribution in [2.75, 3.05) is 13.7 Å². The second kappa shape index (κ2) is 5.58. The molecule has 1 atom stereocenters. The molecule has 1 aliphatic heterocycles. The molecule has 1 fully saturated rings. The zero-order valence-corrected chi connectivity index (χ0v) is 11.4. The van der Waals surface area contributed by atoms with E-state index in [9.17, 15) is 13.2 Å². The van der Waals surface area contributed by atoms with E-state index in [2.05, 4.69) is 10.0 Å². The molecule has 1 aliphatic rings. The van der Waals surface area contributed by atoms with Crippen LogP contribution in [-0.4, -0.2) is 34.0 Å². The van der Waals surface area contributed by atoms with Crippen LogP contribution in [0.3, 0.4) is 0 Å². The Morgan fingerprint density at radius 2 is 2.05 bits per heavy atom. The smallest absolute Gasteiger partial charge is 0.240 e. The molecule has 1 aromatic rings. The molecule has 1 unspecified atom stereocenters. The van der Waals surface area contributed by atoms with E-state index >= 15 is 0 Å². The van der Waals surface area contributed by atoms with Gasteiger partial charge in [0.05, 0.1) is 12.0 Å². The van der Waals surface area contributed by atoms with Gasteiger partial charge in [-0.2, -0.15) is 0 Å². The number of amides is 1. The van der Waals surface area contributed by atoms with Crippen LogP contribution in [0.4, 0.5) is 0 Å². The molecule has 1 saturated heterocycles. The van der Waals surface area contributed by atoms with E-state index in [1.807, 2.05) is 0 Å². The van der Waals surface area contributed by atoms with Crippen molar-refractivity contribution in [1.29, 1.82) is 0 Å². The van der Waals surface area contributed by atoms with Crippen molar-refractivity contribution in [2.45, 2.75) is 23.8 Å². The quantitative estimate of drug-likeness (QED) is 0.812. The second-order valence-corrected chi connectivity index (χ2v) is 6.10. The van der Waals surface area contributed by atoms with Gasteiger partial charge in [0.1, 0.15) is 5.75 Å². The van der Waals surface area contributed by atoms with Crippen molar-refractivity contribution in [3.8, 4) is 5.75 Å². The fraction of sp³-hybridized carbons (Fsp3) is 0.417. The predicted molar refractivity (Wildman–Crippen MR) is 69.3 cm³/mol. The van der Waals surface area contributed by atoms with Gasteiger partial charge in [-0.3, -0.25) is 4.79 Å². The van der Waals surface area contributed by atoms with Crippen molar-refractivity contribution >= 4 is 15.9 Å². The molecule has 7 heteroatoms. The van der Waals surface area contributed by atoms with E-state index in [-0.39, 0.29) is 23.4 Å². The number of nitrogens with one attached hydrogen (secondary N) is 2. The molecule has 104 valence electrons. The molecule has 0 radical (unpaired) electrons. The van der Waals surface area contributed by atoms with Gasteiger partial charge in [-0.1, -0.05) is 0 Å². The molecule has 0 aromatic heterocycles. The van der Waals surface area contributed by atoms with E-state index < -0.39 is 10.0 Å². The maximum atomic E-state index is 12.0. The normalized spacial score (nSPS) is 19.2. The molecule has 0 bridgehead atoms. The van der Waals surface area contributed by atoms with Crippen LogP contribution in [0, 0.1) is 0 Å². The highest BCUT2D eigenvalue weighted by molar-refractivity contribution is 7.89. The Kier molecular flexibility index (Phi) is 4.06. The standard InChI is InChI=1S/C12H16N2O4S/c1-18-10-3-5-11(6-4-10)19(16,17)13-8-9-2-7-12(15)14-9/h3-6,9,13H,2,7-8H2,1H3,(H,14,15). The number of carbonyl (C=O) groups is 1. The lowest BCUT2D eigenvalue weighted by Gasteiger charge is -2.12. The summed E-state index contributed by atoms with van der Waals surface area (Å²) >= 11 is 0. The molecule has 1 heterocycles. The van der Waals surface area contributed by atoms with Crippen molar-refractivity contribution in [3.05, 3.63) is 24.3 Å². The predicted octanol–water partition coefficient (Wildman–Crippen LogP) is 0.252. The summed E-state index contributed by atoms with van der Waals surface area (Å²) in [6.45, 7) is 0.208. The third-order valence-electron chi connectivity index (χ3n) is 2.97. The van der Waals surface area contributed by atoms with E-state index in [4.69, 9.17) is 4.74 Å². The first-order valence-corrected chi connectivity index (χ1v) is 7.42. The summed E-state index contributed by atoms with van der Waals surface area (Å²) in [5.74, 6) is 0.565. The van der Waals surface area contributed by atoms with Crippen molar-refractivity contribution in [1.82, 2.24) is 10.0 Å². The Hall–Kier alpha value is -1.60. The summed E-state index contributed by atoms with van der Waals surface area (Å²) in [6, 6.07) is 6.01. The molecule has 1 amide bonds. The number of ether oxygens (including phenoxy) is 1. The zero-order valence-electron chi connectivity index (χ0n) is 10.5. The van der Waals surface area contributed by atoms with E-state index in [0.29, 0.717) is 18.6 Å². The minimum Gasteiger partial charge on any atom is -0.497 e. The van der Waals surface area contributed by atoms with Gasteiger partial charge in [-0.15, -0.1) is 0 Å². The molecule has 0 saturated carbocycles. The third kappa shape index (κ3) is 3.45. The van der Waals surface area contributed by atoms with Gasteiger partial charge in [0, 0.05) is 19.0 Å². The third-order valence-corrected chi connectivity index (χ3v) is 4.41. The summed E-state index contributed by atoms with van der Waals surface area (Å²) in [5, 5.41) is 2.71. The number of hydrogen-bond donors (Lipinski definition) is 2. The first-order chi connectivity index (χ1) is 9.01. The first kappa shape index (κ1) is 13.8. The van der Waals surface area contributed by atoms with Crippen LogP contribution in [-0.2, 0) is 14.8 Å². The monoisotopic (exact) mass is 284 g/mol. The number of sulfonamides is 1. The van der Waals surface area contributed by atoms with Crippen LogP contribution in [0.25, 0.3) is 0 Å². The van der Waals surface area contributed by atoms with Gasteiger partial charge in [0.2, 0.25) is 15.9 Å². The van der Waals surface area contributed by atoms with Crippen LogP contribution in [0.5, 0.6) is 5.75 Å². The summed E-state index contributed by atoms with van der Waals surface area (Å²) in [5.41, 5.74) is 0.